The van der Waals surface area contributed by atoms with Crippen molar-refractivity contribution < 1.29 is 9.90 Å². The molecule has 1 rings (SSSR count). The van der Waals surface area contributed by atoms with Crippen molar-refractivity contribution in [3.05, 3.63) is 0 Å². The summed E-state index contributed by atoms with van der Waals surface area (Å²) in [6.45, 7) is 8.32. The Bertz CT molecular complexity index is 221. The molecule has 15 heavy (non-hydrogen) atoms. The van der Waals surface area contributed by atoms with Gasteiger partial charge in [0.15, 0.2) is 0 Å². The maximum absolute atomic E-state index is 10.6. The largest absolute Gasteiger partial charge is 0.481 e. The lowest BCUT2D eigenvalue weighted by Crippen LogP contribution is -2.57. The van der Waals surface area contributed by atoms with E-state index in [0.29, 0.717) is 12.1 Å². The third-order valence-electron chi connectivity index (χ3n) is 3.48. The average Bonchev–Trinajstić information content (AvgIpc) is 2.12. The van der Waals surface area contributed by atoms with Gasteiger partial charge in [-0.05, 0) is 27.8 Å². The van der Waals surface area contributed by atoms with Gasteiger partial charge in [0.25, 0.3) is 0 Å². The highest BCUT2D eigenvalue weighted by Crippen LogP contribution is 2.16. The van der Waals surface area contributed by atoms with Crippen LogP contribution in [0, 0.1) is 0 Å². The lowest BCUT2D eigenvalue weighted by molar-refractivity contribution is -0.138. The number of rotatable bonds is 3. The number of likely N-dealkylation sites (N-methyl/N-ethyl adjacent to an activating group) is 1. The van der Waals surface area contributed by atoms with Crippen LogP contribution in [0.15, 0.2) is 0 Å². The molecule has 0 bridgehead atoms. The average molecular weight is 214 g/mol. The Morgan fingerprint density at radius 3 is 2.27 bits per heavy atom. The van der Waals surface area contributed by atoms with E-state index in [9.17, 15) is 4.79 Å². The molecule has 1 aliphatic heterocycles. The minimum atomic E-state index is -0.707. The summed E-state index contributed by atoms with van der Waals surface area (Å²) in [5, 5.41) is 8.76. The molecule has 3 unspecified atom stereocenters. The van der Waals surface area contributed by atoms with E-state index < -0.39 is 5.97 Å². The molecule has 0 aromatic rings. The number of hydrogen-bond acceptors (Lipinski definition) is 3. The predicted molar refractivity (Wildman–Crippen MR) is 60.0 cm³/mol. The monoisotopic (exact) mass is 214 g/mol. The van der Waals surface area contributed by atoms with Crippen LogP contribution in [-0.2, 0) is 4.79 Å². The van der Waals surface area contributed by atoms with Crippen LogP contribution < -0.4 is 0 Å². The van der Waals surface area contributed by atoms with E-state index in [1.54, 1.807) is 0 Å². The first-order chi connectivity index (χ1) is 6.91. The second-order valence-corrected chi connectivity index (χ2v) is 4.76. The van der Waals surface area contributed by atoms with Crippen LogP contribution in [0.4, 0.5) is 0 Å². The maximum atomic E-state index is 10.6. The van der Waals surface area contributed by atoms with Gasteiger partial charge in [-0.25, -0.2) is 0 Å². The molecule has 4 nitrogen and oxygen atoms in total. The highest BCUT2D eigenvalue weighted by Gasteiger charge is 2.29. The van der Waals surface area contributed by atoms with Crippen molar-refractivity contribution >= 4 is 5.97 Å². The highest BCUT2D eigenvalue weighted by atomic mass is 16.4. The van der Waals surface area contributed by atoms with Gasteiger partial charge in [-0.1, -0.05) is 0 Å². The van der Waals surface area contributed by atoms with Gasteiger partial charge in [0.2, 0.25) is 0 Å². The zero-order chi connectivity index (χ0) is 11.6. The normalized spacial score (nSPS) is 31.5. The molecule has 0 aromatic heterocycles. The van der Waals surface area contributed by atoms with Gasteiger partial charge in [-0.15, -0.1) is 0 Å². The molecule has 0 aromatic carbocycles. The third kappa shape index (κ3) is 3.18. The van der Waals surface area contributed by atoms with Gasteiger partial charge in [0, 0.05) is 31.2 Å². The number of hydrogen-bond donors (Lipinski definition) is 1. The molecule has 0 amide bonds. The second-order valence-electron chi connectivity index (χ2n) is 4.76. The van der Waals surface area contributed by atoms with Crippen LogP contribution in [0.3, 0.4) is 0 Å². The number of piperazine rings is 1. The van der Waals surface area contributed by atoms with Crippen LogP contribution in [0.2, 0.25) is 0 Å². The number of carbonyl (C=O) groups is 1. The van der Waals surface area contributed by atoms with Crippen molar-refractivity contribution in [3.8, 4) is 0 Å². The first-order valence-electron chi connectivity index (χ1n) is 5.59. The minimum Gasteiger partial charge on any atom is -0.481 e. The van der Waals surface area contributed by atoms with Crippen molar-refractivity contribution in [2.24, 2.45) is 0 Å². The van der Waals surface area contributed by atoms with E-state index in [0.717, 1.165) is 13.1 Å². The summed E-state index contributed by atoms with van der Waals surface area (Å²) >= 11 is 0. The minimum absolute atomic E-state index is 0.140. The number of aliphatic carboxylic acids is 1. The van der Waals surface area contributed by atoms with Crippen LogP contribution in [0.1, 0.15) is 27.2 Å². The Kier molecular flexibility index (Phi) is 4.11. The standard InChI is InChI=1S/C11H22N2O2/c1-8(5-11(14)15)13-6-9(2)12(4)10(3)7-13/h8-10H,5-7H2,1-4H3,(H,14,15). The molecule has 1 saturated heterocycles. The van der Waals surface area contributed by atoms with E-state index in [1.807, 2.05) is 6.92 Å². The molecular weight excluding hydrogens is 192 g/mol. The molecule has 88 valence electrons. The highest BCUT2D eigenvalue weighted by molar-refractivity contribution is 5.67. The molecule has 0 radical (unpaired) electrons. The summed E-state index contributed by atoms with van der Waals surface area (Å²) in [4.78, 5) is 15.3. The summed E-state index contributed by atoms with van der Waals surface area (Å²) in [6.07, 6.45) is 0.239. The van der Waals surface area contributed by atoms with Crippen LogP contribution >= 0.6 is 0 Å². The van der Waals surface area contributed by atoms with Crippen LogP contribution in [0.5, 0.6) is 0 Å². The molecule has 3 atom stereocenters. The summed E-state index contributed by atoms with van der Waals surface area (Å²) in [5.74, 6) is -0.707. The molecule has 1 fully saturated rings. The summed E-state index contributed by atoms with van der Waals surface area (Å²) < 4.78 is 0. The molecule has 0 aliphatic carbocycles. The fraction of sp³-hybridized carbons (Fsp3) is 0.909. The second kappa shape index (κ2) is 4.94. The van der Waals surface area contributed by atoms with Crippen molar-refractivity contribution in [1.82, 2.24) is 9.80 Å². The van der Waals surface area contributed by atoms with Gasteiger partial charge >= 0.3 is 5.97 Å². The predicted octanol–water partition coefficient (Wildman–Crippen LogP) is 0.874. The smallest absolute Gasteiger partial charge is 0.304 e. The Morgan fingerprint density at radius 2 is 1.87 bits per heavy atom. The quantitative estimate of drug-likeness (QED) is 0.757. The van der Waals surface area contributed by atoms with Gasteiger partial charge in [0.05, 0.1) is 6.42 Å². The Labute approximate surface area is 91.9 Å². The van der Waals surface area contributed by atoms with E-state index >= 15 is 0 Å². The third-order valence-corrected chi connectivity index (χ3v) is 3.48. The molecule has 1 N–H and O–H groups in total. The fourth-order valence-corrected chi connectivity index (χ4v) is 2.19. The molecule has 4 heteroatoms. The van der Waals surface area contributed by atoms with E-state index in [2.05, 4.69) is 30.7 Å². The van der Waals surface area contributed by atoms with Gasteiger partial charge in [0.1, 0.15) is 0 Å². The van der Waals surface area contributed by atoms with Crippen molar-refractivity contribution in [1.29, 1.82) is 0 Å². The molecular formula is C11H22N2O2. The SMILES string of the molecule is CC(CC(=O)O)N1CC(C)N(C)C(C)C1. The first-order valence-corrected chi connectivity index (χ1v) is 5.59. The first kappa shape index (κ1) is 12.5. The van der Waals surface area contributed by atoms with E-state index in [4.69, 9.17) is 5.11 Å². The number of nitrogens with zero attached hydrogens (tertiary/aromatic N) is 2. The lowest BCUT2D eigenvalue weighted by Gasteiger charge is -2.44. The van der Waals surface area contributed by atoms with Crippen molar-refractivity contribution in [3.63, 3.8) is 0 Å². The Balaban J connectivity index is 2.53. The summed E-state index contributed by atoms with van der Waals surface area (Å²) in [5.41, 5.74) is 0. The van der Waals surface area contributed by atoms with E-state index in [-0.39, 0.29) is 12.5 Å². The number of carboxylic acid groups (broad SMARTS) is 1. The fourth-order valence-electron chi connectivity index (χ4n) is 2.19. The summed E-state index contributed by atoms with van der Waals surface area (Å²) in [6, 6.07) is 1.15. The zero-order valence-electron chi connectivity index (χ0n) is 10.1. The Morgan fingerprint density at radius 1 is 1.40 bits per heavy atom. The molecule has 1 heterocycles. The molecule has 1 aliphatic rings. The zero-order valence-corrected chi connectivity index (χ0v) is 10.1. The van der Waals surface area contributed by atoms with Crippen molar-refractivity contribution in [2.45, 2.75) is 45.3 Å². The lowest BCUT2D eigenvalue weighted by atomic mass is 10.1. The van der Waals surface area contributed by atoms with Gasteiger partial charge < -0.3 is 5.11 Å². The molecule has 0 spiro atoms. The number of carboxylic acids is 1. The van der Waals surface area contributed by atoms with E-state index in [1.165, 1.54) is 0 Å². The summed E-state index contributed by atoms with van der Waals surface area (Å²) in [7, 11) is 2.13. The van der Waals surface area contributed by atoms with Crippen molar-refractivity contribution in [2.75, 3.05) is 20.1 Å². The Hall–Kier alpha value is -0.610. The van der Waals surface area contributed by atoms with Crippen LogP contribution in [0.25, 0.3) is 0 Å². The van der Waals surface area contributed by atoms with Gasteiger partial charge in [-0.2, -0.15) is 0 Å². The van der Waals surface area contributed by atoms with Gasteiger partial charge in [-0.3, -0.25) is 14.6 Å². The molecule has 0 saturated carbocycles. The van der Waals surface area contributed by atoms with Crippen LogP contribution in [-0.4, -0.2) is 59.1 Å². The maximum Gasteiger partial charge on any atom is 0.304 e. The topological polar surface area (TPSA) is 43.8 Å².